The minimum Gasteiger partial charge on any atom is -0.145 e. The van der Waals surface area contributed by atoms with Gasteiger partial charge in [-0.05, 0) is 29.3 Å². The monoisotopic (exact) mass is 147 g/mol. The van der Waals surface area contributed by atoms with Crippen LogP contribution in [0.2, 0.25) is 0 Å². The third kappa shape index (κ3) is 1.52. The van der Waals surface area contributed by atoms with Crippen molar-refractivity contribution >= 4 is 11.8 Å². The van der Waals surface area contributed by atoms with E-state index in [4.69, 9.17) is 0 Å². The van der Waals surface area contributed by atoms with Crippen LogP contribution in [-0.4, -0.2) is 0 Å². The second kappa shape index (κ2) is 3.10. The fourth-order valence-corrected chi connectivity index (χ4v) is 0.852. The molecule has 0 heterocycles. The van der Waals surface area contributed by atoms with Crippen molar-refractivity contribution in [2.75, 3.05) is 0 Å². The lowest BCUT2D eigenvalue weighted by Gasteiger charge is -1.96. The van der Waals surface area contributed by atoms with Gasteiger partial charge in [0, 0.05) is 0 Å². The molecule has 0 amide bonds. The van der Waals surface area contributed by atoms with Gasteiger partial charge in [-0.15, -0.1) is 4.91 Å². The highest BCUT2D eigenvalue weighted by atomic mass is 16.3. The van der Waals surface area contributed by atoms with E-state index in [0.717, 1.165) is 11.1 Å². The van der Waals surface area contributed by atoms with E-state index in [-0.39, 0.29) is 0 Å². The molecule has 0 saturated heterocycles. The van der Waals surface area contributed by atoms with Crippen LogP contribution in [0, 0.1) is 11.8 Å². The largest absolute Gasteiger partial charge is 0.145 e. The van der Waals surface area contributed by atoms with Crippen LogP contribution in [0.15, 0.2) is 30.0 Å². The molecule has 2 heteroatoms. The molecule has 0 N–H and O–H groups in total. The van der Waals surface area contributed by atoms with Gasteiger partial charge in [0.05, 0.1) is 0 Å². The fourth-order valence-electron chi connectivity index (χ4n) is 0.852. The zero-order valence-corrected chi connectivity index (χ0v) is 6.37. The van der Waals surface area contributed by atoms with Crippen LogP contribution in [0.4, 0.5) is 5.69 Å². The summed E-state index contributed by atoms with van der Waals surface area (Å²) in [5.41, 5.74) is 2.30. The standard InChI is InChI=1S/C9H9NO/c1-3-8-5-4-7(2)9(6-8)10-11/h3-6H,1H2,2H3. The van der Waals surface area contributed by atoms with Crippen LogP contribution >= 0.6 is 0 Å². The third-order valence-corrected chi connectivity index (χ3v) is 1.57. The zero-order valence-electron chi connectivity index (χ0n) is 6.37. The summed E-state index contributed by atoms with van der Waals surface area (Å²) in [6.07, 6.45) is 1.69. The lowest BCUT2D eigenvalue weighted by atomic mass is 10.1. The Morgan fingerprint density at radius 2 is 2.27 bits per heavy atom. The molecule has 0 radical (unpaired) electrons. The number of rotatable bonds is 2. The summed E-state index contributed by atoms with van der Waals surface area (Å²) in [5.74, 6) is 0. The van der Waals surface area contributed by atoms with Gasteiger partial charge in [0.25, 0.3) is 0 Å². The second-order valence-corrected chi connectivity index (χ2v) is 2.34. The van der Waals surface area contributed by atoms with Crippen molar-refractivity contribution in [3.8, 4) is 0 Å². The van der Waals surface area contributed by atoms with E-state index < -0.39 is 0 Å². The summed E-state index contributed by atoms with van der Waals surface area (Å²) in [7, 11) is 0. The summed E-state index contributed by atoms with van der Waals surface area (Å²) in [6.45, 7) is 5.44. The lowest BCUT2D eigenvalue weighted by molar-refractivity contribution is 1.38. The number of nitrogens with zero attached hydrogens (tertiary/aromatic N) is 1. The number of hydrogen-bond acceptors (Lipinski definition) is 2. The number of hydrogen-bond donors (Lipinski definition) is 0. The molecule has 1 aromatic rings. The van der Waals surface area contributed by atoms with Gasteiger partial charge >= 0.3 is 0 Å². The maximum absolute atomic E-state index is 10.2. The Kier molecular flexibility index (Phi) is 2.16. The highest BCUT2D eigenvalue weighted by Gasteiger charge is 1.96. The predicted octanol–water partition coefficient (Wildman–Crippen LogP) is 3.04. The predicted molar refractivity (Wildman–Crippen MR) is 46.7 cm³/mol. The molecule has 0 bridgehead atoms. The number of aryl methyl sites for hydroxylation is 1. The van der Waals surface area contributed by atoms with Crippen molar-refractivity contribution in [2.24, 2.45) is 5.18 Å². The van der Waals surface area contributed by atoms with Crippen molar-refractivity contribution in [2.45, 2.75) is 6.92 Å². The Morgan fingerprint density at radius 1 is 1.55 bits per heavy atom. The summed E-state index contributed by atoms with van der Waals surface area (Å²) in [5, 5.41) is 2.88. The molecule has 56 valence electrons. The average Bonchev–Trinajstić information content (AvgIpc) is 2.05. The topological polar surface area (TPSA) is 29.4 Å². The van der Waals surface area contributed by atoms with Gasteiger partial charge in [0.2, 0.25) is 0 Å². The summed E-state index contributed by atoms with van der Waals surface area (Å²) < 4.78 is 0. The van der Waals surface area contributed by atoms with E-state index in [1.165, 1.54) is 0 Å². The minimum absolute atomic E-state index is 0.488. The van der Waals surface area contributed by atoms with Crippen molar-refractivity contribution in [1.29, 1.82) is 0 Å². The highest BCUT2D eigenvalue weighted by Crippen LogP contribution is 2.19. The van der Waals surface area contributed by atoms with Crippen molar-refractivity contribution in [3.63, 3.8) is 0 Å². The molecule has 0 aliphatic carbocycles. The first-order chi connectivity index (χ1) is 5.27. The van der Waals surface area contributed by atoms with Crippen LogP contribution < -0.4 is 0 Å². The normalized spacial score (nSPS) is 9.18. The van der Waals surface area contributed by atoms with Crippen LogP contribution in [0.25, 0.3) is 6.08 Å². The van der Waals surface area contributed by atoms with Gasteiger partial charge in [-0.3, -0.25) is 0 Å². The van der Waals surface area contributed by atoms with Gasteiger partial charge in [-0.2, -0.15) is 0 Å². The van der Waals surface area contributed by atoms with E-state index in [2.05, 4.69) is 11.8 Å². The summed E-state index contributed by atoms with van der Waals surface area (Å²) in [6, 6.07) is 5.47. The lowest BCUT2D eigenvalue weighted by Crippen LogP contribution is -1.75. The Bertz CT molecular complexity index is 292. The first-order valence-corrected chi connectivity index (χ1v) is 3.34. The molecular formula is C9H9NO. The first-order valence-electron chi connectivity index (χ1n) is 3.34. The fraction of sp³-hybridized carbons (Fsp3) is 0.111. The van der Waals surface area contributed by atoms with Crippen LogP contribution in [0.3, 0.4) is 0 Å². The maximum Gasteiger partial charge on any atom is 0.111 e. The Balaban J connectivity index is 3.22. The molecule has 0 aliphatic rings. The first kappa shape index (κ1) is 7.66. The van der Waals surface area contributed by atoms with E-state index >= 15 is 0 Å². The third-order valence-electron chi connectivity index (χ3n) is 1.57. The molecule has 0 fully saturated rings. The molecule has 1 rings (SSSR count). The molecule has 2 nitrogen and oxygen atoms in total. The van der Waals surface area contributed by atoms with E-state index in [1.54, 1.807) is 12.1 Å². The number of benzene rings is 1. The van der Waals surface area contributed by atoms with Crippen molar-refractivity contribution in [1.82, 2.24) is 0 Å². The van der Waals surface area contributed by atoms with Gasteiger partial charge in [-0.1, -0.05) is 24.8 Å². The van der Waals surface area contributed by atoms with E-state index in [9.17, 15) is 4.91 Å². The Morgan fingerprint density at radius 3 is 2.82 bits per heavy atom. The maximum atomic E-state index is 10.2. The molecule has 0 aliphatic heterocycles. The Hall–Kier alpha value is -1.44. The molecular weight excluding hydrogens is 138 g/mol. The average molecular weight is 147 g/mol. The minimum atomic E-state index is 0.488. The van der Waals surface area contributed by atoms with Crippen molar-refractivity contribution in [3.05, 3.63) is 40.8 Å². The number of nitroso groups, excluding NO2 is 1. The smallest absolute Gasteiger partial charge is 0.111 e. The SMILES string of the molecule is C=Cc1ccc(C)c(N=O)c1. The van der Waals surface area contributed by atoms with Gasteiger partial charge in [0.1, 0.15) is 5.69 Å². The molecule has 11 heavy (non-hydrogen) atoms. The molecule has 0 unspecified atom stereocenters. The van der Waals surface area contributed by atoms with Gasteiger partial charge in [0.15, 0.2) is 0 Å². The van der Waals surface area contributed by atoms with Crippen LogP contribution in [0.5, 0.6) is 0 Å². The molecule has 0 spiro atoms. The van der Waals surface area contributed by atoms with Crippen LogP contribution in [0.1, 0.15) is 11.1 Å². The van der Waals surface area contributed by atoms with Gasteiger partial charge < -0.3 is 0 Å². The van der Waals surface area contributed by atoms with Crippen LogP contribution in [-0.2, 0) is 0 Å². The highest BCUT2D eigenvalue weighted by molar-refractivity contribution is 5.56. The molecule has 1 aromatic carbocycles. The van der Waals surface area contributed by atoms with Gasteiger partial charge in [-0.25, -0.2) is 0 Å². The van der Waals surface area contributed by atoms with Crippen molar-refractivity contribution < 1.29 is 0 Å². The van der Waals surface area contributed by atoms with E-state index in [1.807, 2.05) is 19.1 Å². The molecule has 0 aromatic heterocycles. The second-order valence-electron chi connectivity index (χ2n) is 2.34. The van der Waals surface area contributed by atoms with E-state index in [0.29, 0.717) is 5.69 Å². The summed E-state index contributed by atoms with van der Waals surface area (Å²) in [4.78, 5) is 10.2. The summed E-state index contributed by atoms with van der Waals surface area (Å²) >= 11 is 0. The molecule has 0 atom stereocenters. The quantitative estimate of drug-likeness (QED) is 0.591. The molecule has 0 saturated carbocycles. The Labute approximate surface area is 65.5 Å². The zero-order chi connectivity index (χ0) is 8.27.